The third-order valence-corrected chi connectivity index (χ3v) is 4.23. The van der Waals surface area contributed by atoms with Crippen molar-refractivity contribution in [2.75, 3.05) is 5.32 Å². The Balaban J connectivity index is 1.90. The fourth-order valence-corrected chi connectivity index (χ4v) is 3.14. The molecule has 0 radical (unpaired) electrons. The Morgan fingerprint density at radius 2 is 1.90 bits per heavy atom. The fraction of sp³-hybridized carbons (Fsp3) is 0.267. The molecule has 5 nitrogen and oxygen atoms in total. The first-order valence-corrected chi connectivity index (χ1v) is 7.77. The lowest BCUT2D eigenvalue weighted by atomic mass is 10.0. The third kappa shape index (κ3) is 2.95. The van der Waals surface area contributed by atoms with Crippen LogP contribution < -0.4 is 5.32 Å². The van der Waals surface area contributed by atoms with E-state index in [1.807, 2.05) is 30.3 Å². The van der Waals surface area contributed by atoms with Crippen LogP contribution in [0.3, 0.4) is 0 Å². The Morgan fingerprint density at radius 1 is 1.10 bits per heavy atom. The lowest BCUT2D eigenvalue weighted by Crippen LogP contribution is -2.18. The van der Waals surface area contributed by atoms with Gasteiger partial charge in [0, 0.05) is 4.88 Å². The fourth-order valence-electron chi connectivity index (χ4n) is 2.19. The van der Waals surface area contributed by atoms with E-state index in [0.717, 1.165) is 5.69 Å². The number of aromatic nitrogens is 4. The maximum atomic E-state index is 4.12. The summed E-state index contributed by atoms with van der Waals surface area (Å²) in [6.45, 7) is 4.38. The smallest absolute Gasteiger partial charge is 0.248 e. The molecule has 2 aromatic heterocycles. The molecule has 6 heteroatoms. The van der Waals surface area contributed by atoms with Gasteiger partial charge in [-0.1, -0.05) is 43.2 Å². The molecule has 108 valence electrons. The maximum Gasteiger partial charge on any atom is 0.248 e. The van der Waals surface area contributed by atoms with Gasteiger partial charge in [-0.2, -0.15) is 4.68 Å². The second kappa shape index (κ2) is 6.05. The van der Waals surface area contributed by atoms with Crippen LogP contribution in [0.15, 0.2) is 47.8 Å². The van der Waals surface area contributed by atoms with Crippen molar-refractivity contribution in [3.8, 4) is 5.69 Å². The van der Waals surface area contributed by atoms with E-state index in [0.29, 0.717) is 11.9 Å². The minimum Gasteiger partial charge on any atom is -0.345 e. The summed E-state index contributed by atoms with van der Waals surface area (Å²) in [5, 5.41) is 17.5. The summed E-state index contributed by atoms with van der Waals surface area (Å²) in [6, 6.07) is 14.3. The summed E-state index contributed by atoms with van der Waals surface area (Å²) < 4.78 is 1.73. The standard InChI is InChI=1S/C15H17N5S/c1-11(2)14(13-9-6-10-21-13)16-15-17-18-19-20(15)12-7-4-3-5-8-12/h3-11,14H,1-2H3,(H,16,17,19). The molecule has 0 aliphatic heterocycles. The number of thiophene rings is 1. The van der Waals surface area contributed by atoms with Crippen molar-refractivity contribution in [1.29, 1.82) is 0 Å². The molecule has 0 aliphatic carbocycles. The first-order valence-electron chi connectivity index (χ1n) is 6.89. The zero-order valence-electron chi connectivity index (χ0n) is 12.0. The summed E-state index contributed by atoms with van der Waals surface area (Å²) in [7, 11) is 0. The lowest BCUT2D eigenvalue weighted by Gasteiger charge is -2.21. The van der Waals surface area contributed by atoms with Gasteiger partial charge in [0.2, 0.25) is 5.95 Å². The first-order chi connectivity index (χ1) is 10.3. The van der Waals surface area contributed by atoms with Crippen molar-refractivity contribution in [2.24, 2.45) is 5.92 Å². The third-order valence-electron chi connectivity index (χ3n) is 3.27. The summed E-state index contributed by atoms with van der Waals surface area (Å²) in [5.41, 5.74) is 0.943. The van der Waals surface area contributed by atoms with Crippen LogP contribution in [0.4, 0.5) is 5.95 Å². The zero-order valence-corrected chi connectivity index (χ0v) is 12.8. The van der Waals surface area contributed by atoms with Crippen LogP contribution in [-0.4, -0.2) is 20.2 Å². The van der Waals surface area contributed by atoms with Crippen LogP contribution in [0.1, 0.15) is 24.8 Å². The van der Waals surface area contributed by atoms with Gasteiger partial charge in [0.15, 0.2) is 0 Å². The average Bonchev–Trinajstić information content (AvgIpc) is 3.17. The van der Waals surface area contributed by atoms with Crippen LogP contribution in [0, 0.1) is 5.92 Å². The average molecular weight is 299 g/mol. The Bertz CT molecular complexity index is 675. The quantitative estimate of drug-likeness (QED) is 0.783. The Morgan fingerprint density at radius 3 is 2.57 bits per heavy atom. The van der Waals surface area contributed by atoms with Gasteiger partial charge in [0.05, 0.1) is 11.7 Å². The van der Waals surface area contributed by atoms with Crippen molar-refractivity contribution in [1.82, 2.24) is 20.2 Å². The molecule has 1 atom stereocenters. The number of para-hydroxylation sites is 1. The molecule has 0 aliphatic rings. The van der Waals surface area contributed by atoms with Gasteiger partial charge in [-0.05, 0) is 39.9 Å². The van der Waals surface area contributed by atoms with Gasteiger partial charge in [-0.3, -0.25) is 0 Å². The SMILES string of the molecule is CC(C)C(Nc1nnnn1-c1ccccc1)c1cccs1. The van der Waals surface area contributed by atoms with E-state index in [4.69, 9.17) is 0 Å². The molecule has 0 spiro atoms. The summed E-state index contributed by atoms with van der Waals surface area (Å²) in [5.74, 6) is 1.10. The monoisotopic (exact) mass is 299 g/mol. The van der Waals surface area contributed by atoms with E-state index >= 15 is 0 Å². The minimum atomic E-state index is 0.193. The van der Waals surface area contributed by atoms with Crippen LogP contribution in [0.5, 0.6) is 0 Å². The topological polar surface area (TPSA) is 55.6 Å². The Labute approximate surface area is 127 Å². The molecule has 1 N–H and O–H groups in total. The molecular weight excluding hydrogens is 282 g/mol. The predicted octanol–water partition coefficient (Wildman–Crippen LogP) is 3.53. The second-order valence-corrected chi connectivity index (χ2v) is 6.11. The largest absolute Gasteiger partial charge is 0.345 e. The van der Waals surface area contributed by atoms with Crippen molar-refractivity contribution < 1.29 is 0 Å². The van der Waals surface area contributed by atoms with Crippen LogP contribution in [0.2, 0.25) is 0 Å². The van der Waals surface area contributed by atoms with Crippen molar-refractivity contribution in [2.45, 2.75) is 19.9 Å². The van der Waals surface area contributed by atoms with Gasteiger partial charge in [-0.15, -0.1) is 11.3 Å². The molecule has 0 saturated heterocycles. The van der Waals surface area contributed by atoms with Crippen LogP contribution in [0.25, 0.3) is 5.69 Å². The normalized spacial score (nSPS) is 12.5. The Hall–Kier alpha value is -2.21. The number of hydrogen-bond acceptors (Lipinski definition) is 5. The van der Waals surface area contributed by atoms with Crippen molar-refractivity contribution in [3.63, 3.8) is 0 Å². The summed E-state index contributed by atoms with van der Waals surface area (Å²) in [6.07, 6.45) is 0. The lowest BCUT2D eigenvalue weighted by molar-refractivity contribution is 0.548. The van der Waals surface area contributed by atoms with E-state index in [2.05, 4.69) is 52.2 Å². The highest BCUT2D eigenvalue weighted by Crippen LogP contribution is 2.29. The molecule has 1 unspecified atom stereocenters. The van der Waals surface area contributed by atoms with Gasteiger partial charge in [0.1, 0.15) is 0 Å². The number of rotatable bonds is 5. The van der Waals surface area contributed by atoms with Crippen molar-refractivity contribution in [3.05, 3.63) is 52.7 Å². The molecule has 2 heterocycles. The van der Waals surface area contributed by atoms with E-state index in [-0.39, 0.29) is 6.04 Å². The van der Waals surface area contributed by atoms with Gasteiger partial charge < -0.3 is 5.32 Å². The molecular formula is C15H17N5S. The highest BCUT2D eigenvalue weighted by Gasteiger charge is 2.20. The molecule has 0 bridgehead atoms. The van der Waals surface area contributed by atoms with Crippen LogP contribution in [-0.2, 0) is 0 Å². The molecule has 1 aromatic carbocycles. The molecule has 0 amide bonds. The molecule has 0 saturated carbocycles. The molecule has 0 fully saturated rings. The van der Waals surface area contributed by atoms with Crippen LogP contribution >= 0.6 is 11.3 Å². The van der Waals surface area contributed by atoms with E-state index in [9.17, 15) is 0 Å². The molecule has 3 rings (SSSR count). The second-order valence-electron chi connectivity index (χ2n) is 5.13. The number of nitrogens with one attached hydrogen (secondary N) is 1. The number of hydrogen-bond donors (Lipinski definition) is 1. The number of nitrogens with zero attached hydrogens (tertiary/aromatic N) is 4. The molecule has 21 heavy (non-hydrogen) atoms. The van der Waals surface area contributed by atoms with Crippen molar-refractivity contribution >= 4 is 17.3 Å². The minimum absolute atomic E-state index is 0.193. The summed E-state index contributed by atoms with van der Waals surface area (Å²) >= 11 is 1.74. The van der Waals surface area contributed by atoms with Gasteiger partial charge >= 0.3 is 0 Å². The molecule has 3 aromatic rings. The number of benzene rings is 1. The highest BCUT2D eigenvalue weighted by atomic mass is 32.1. The first kappa shape index (κ1) is 13.8. The summed E-state index contributed by atoms with van der Waals surface area (Å²) in [4.78, 5) is 1.28. The van der Waals surface area contributed by atoms with E-state index in [1.54, 1.807) is 16.0 Å². The Kier molecular flexibility index (Phi) is 3.96. The zero-order chi connectivity index (χ0) is 14.7. The highest BCUT2D eigenvalue weighted by molar-refractivity contribution is 7.10. The van der Waals surface area contributed by atoms with E-state index < -0.39 is 0 Å². The van der Waals surface area contributed by atoms with Gasteiger partial charge in [-0.25, -0.2) is 0 Å². The van der Waals surface area contributed by atoms with E-state index in [1.165, 1.54) is 4.88 Å². The van der Waals surface area contributed by atoms with Gasteiger partial charge in [0.25, 0.3) is 0 Å². The predicted molar refractivity (Wildman–Crippen MR) is 84.7 cm³/mol. The maximum absolute atomic E-state index is 4.12. The number of anilines is 1. The number of tetrazole rings is 1.